The van der Waals surface area contributed by atoms with Crippen LogP contribution in [0.3, 0.4) is 0 Å². The number of hydrogen-bond acceptors (Lipinski definition) is 3. The van der Waals surface area contributed by atoms with E-state index in [1.165, 1.54) is 12.8 Å². The lowest BCUT2D eigenvalue weighted by atomic mass is 9.93. The number of rotatable bonds is 6. The molecule has 3 N–H and O–H groups in total. The van der Waals surface area contributed by atoms with E-state index >= 15 is 0 Å². The van der Waals surface area contributed by atoms with E-state index in [0.717, 1.165) is 12.1 Å². The molecule has 0 aliphatic carbocycles. The van der Waals surface area contributed by atoms with Crippen LogP contribution in [0.2, 0.25) is 5.02 Å². The molecule has 0 spiro atoms. The van der Waals surface area contributed by atoms with Crippen LogP contribution in [-0.4, -0.2) is 4.98 Å². The van der Waals surface area contributed by atoms with E-state index in [9.17, 15) is 0 Å². The highest BCUT2D eigenvalue weighted by Crippen LogP contribution is 2.23. The molecule has 1 aromatic rings. The summed E-state index contributed by atoms with van der Waals surface area (Å²) in [5, 5.41) is 0.655. The minimum absolute atomic E-state index is 0.113. The van der Waals surface area contributed by atoms with Crippen molar-refractivity contribution in [2.75, 3.05) is 0 Å². The van der Waals surface area contributed by atoms with Gasteiger partial charge < -0.3 is 0 Å². The Morgan fingerprint density at radius 3 is 2.50 bits per heavy atom. The van der Waals surface area contributed by atoms with Crippen LogP contribution in [0.25, 0.3) is 0 Å². The fraction of sp³-hybridized carbons (Fsp3) is 0.583. The molecular formula is C12H20ClN3. The Morgan fingerprint density at radius 2 is 2.06 bits per heavy atom. The van der Waals surface area contributed by atoms with Crippen molar-refractivity contribution in [1.29, 1.82) is 0 Å². The van der Waals surface area contributed by atoms with Crippen LogP contribution in [0, 0.1) is 5.92 Å². The van der Waals surface area contributed by atoms with Crippen molar-refractivity contribution in [2.45, 2.75) is 39.2 Å². The van der Waals surface area contributed by atoms with Crippen LogP contribution in [-0.2, 0) is 0 Å². The van der Waals surface area contributed by atoms with Crippen molar-refractivity contribution < 1.29 is 0 Å². The van der Waals surface area contributed by atoms with E-state index in [-0.39, 0.29) is 6.04 Å². The average Bonchev–Trinajstić information content (AvgIpc) is 2.32. The van der Waals surface area contributed by atoms with Gasteiger partial charge in [-0.15, -0.1) is 0 Å². The molecule has 1 atom stereocenters. The maximum absolute atomic E-state index is 5.81. The van der Waals surface area contributed by atoms with Gasteiger partial charge in [-0.05, 0) is 24.5 Å². The number of pyridine rings is 1. The molecule has 1 unspecified atom stereocenters. The summed E-state index contributed by atoms with van der Waals surface area (Å²) in [5.41, 5.74) is 3.79. The zero-order valence-corrected chi connectivity index (χ0v) is 10.7. The quantitative estimate of drug-likeness (QED) is 0.595. The molecule has 0 amide bonds. The molecule has 0 aliphatic rings. The van der Waals surface area contributed by atoms with Crippen LogP contribution >= 0.6 is 11.6 Å². The predicted octanol–water partition coefficient (Wildman–Crippen LogP) is 3.07. The summed E-state index contributed by atoms with van der Waals surface area (Å²) in [4.78, 5) is 4.30. The number of nitrogens with two attached hydrogens (primary N) is 1. The molecule has 90 valence electrons. The lowest BCUT2D eigenvalue weighted by molar-refractivity contribution is 0.370. The number of hydrogen-bond donors (Lipinski definition) is 2. The van der Waals surface area contributed by atoms with Gasteiger partial charge >= 0.3 is 0 Å². The zero-order valence-electron chi connectivity index (χ0n) is 9.91. The highest BCUT2D eigenvalue weighted by molar-refractivity contribution is 6.30. The molecular weight excluding hydrogens is 222 g/mol. The summed E-state index contributed by atoms with van der Waals surface area (Å²) in [5.74, 6) is 6.26. The fourth-order valence-electron chi connectivity index (χ4n) is 1.82. The number of nitrogens with zero attached hydrogens (tertiary/aromatic N) is 1. The highest BCUT2D eigenvalue weighted by atomic mass is 35.5. The topological polar surface area (TPSA) is 50.9 Å². The molecule has 1 heterocycles. The Hall–Kier alpha value is -0.640. The van der Waals surface area contributed by atoms with Crippen LogP contribution in [0.15, 0.2) is 18.3 Å². The van der Waals surface area contributed by atoms with Gasteiger partial charge in [0.25, 0.3) is 0 Å². The van der Waals surface area contributed by atoms with E-state index < -0.39 is 0 Å². The molecule has 0 aliphatic heterocycles. The molecule has 1 rings (SSSR count). The van der Waals surface area contributed by atoms with Gasteiger partial charge in [0.2, 0.25) is 0 Å². The molecule has 4 heteroatoms. The second-order valence-electron chi connectivity index (χ2n) is 4.04. The van der Waals surface area contributed by atoms with E-state index in [1.54, 1.807) is 6.20 Å². The van der Waals surface area contributed by atoms with Gasteiger partial charge in [-0.2, -0.15) is 0 Å². The Kier molecular flexibility index (Phi) is 5.74. The van der Waals surface area contributed by atoms with Crippen LogP contribution in [0.1, 0.15) is 44.8 Å². The third kappa shape index (κ3) is 3.74. The fourth-order valence-corrected chi connectivity index (χ4v) is 1.93. The minimum atomic E-state index is 0.113. The van der Waals surface area contributed by atoms with Crippen molar-refractivity contribution in [1.82, 2.24) is 10.4 Å². The van der Waals surface area contributed by atoms with E-state index in [2.05, 4.69) is 24.3 Å². The van der Waals surface area contributed by atoms with Crippen molar-refractivity contribution in [3.8, 4) is 0 Å². The lowest BCUT2D eigenvalue weighted by Gasteiger charge is -2.20. The molecule has 16 heavy (non-hydrogen) atoms. The van der Waals surface area contributed by atoms with Gasteiger partial charge in [0.15, 0.2) is 0 Å². The highest BCUT2D eigenvalue weighted by Gasteiger charge is 2.15. The molecule has 3 nitrogen and oxygen atoms in total. The number of halogens is 1. The molecule has 0 radical (unpaired) electrons. The van der Waals surface area contributed by atoms with Gasteiger partial charge in [0.05, 0.1) is 16.8 Å². The SMILES string of the molecule is CCC(CC)CC(NN)c1ccc(Cl)cn1. The molecule has 0 fully saturated rings. The zero-order chi connectivity index (χ0) is 12.0. The summed E-state index contributed by atoms with van der Waals surface area (Å²) in [6.45, 7) is 4.41. The van der Waals surface area contributed by atoms with E-state index in [4.69, 9.17) is 17.4 Å². The maximum atomic E-state index is 5.81. The average molecular weight is 242 g/mol. The Balaban J connectivity index is 2.70. The predicted molar refractivity (Wildman–Crippen MR) is 68.0 cm³/mol. The van der Waals surface area contributed by atoms with Crippen LogP contribution in [0.5, 0.6) is 0 Å². The summed E-state index contributed by atoms with van der Waals surface area (Å²) >= 11 is 5.81. The van der Waals surface area contributed by atoms with E-state index in [0.29, 0.717) is 10.9 Å². The standard InChI is InChI=1S/C12H20ClN3/c1-3-9(4-2)7-12(16-14)11-6-5-10(13)8-15-11/h5-6,8-9,12,16H,3-4,7,14H2,1-2H3. The van der Waals surface area contributed by atoms with Crippen molar-refractivity contribution in [2.24, 2.45) is 11.8 Å². The second-order valence-corrected chi connectivity index (χ2v) is 4.48. The van der Waals surface area contributed by atoms with Gasteiger partial charge in [-0.1, -0.05) is 38.3 Å². The number of hydrazine groups is 1. The van der Waals surface area contributed by atoms with Crippen molar-refractivity contribution >= 4 is 11.6 Å². The number of aromatic nitrogens is 1. The summed E-state index contributed by atoms with van der Waals surface area (Å²) in [6, 6.07) is 3.89. The molecule has 0 bridgehead atoms. The maximum Gasteiger partial charge on any atom is 0.0634 e. The van der Waals surface area contributed by atoms with Crippen LogP contribution < -0.4 is 11.3 Å². The smallest absolute Gasteiger partial charge is 0.0634 e. The molecule has 0 saturated carbocycles. The third-order valence-corrected chi connectivity index (χ3v) is 3.26. The summed E-state index contributed by atoms with van der Waals surface area (Å²) in [6.07, 6.45) is 5.01. The first kappa shape index (κ1) is 13.4. The summed E-state index contributed by atoms with van der Waals surface area (Å²) in [7, 11) is 0. The summed E-state index contributed by atoms with van der Waals surface area (Å²) < 4.78 is 0. The largest absolute Gasteiger partial charge is 0.271 e. The van der Waals surface area contributed by atoms with E-state index in [1.807, 2.05) is 12.1 Å². The third-order valence-electron chi connectivity index (χ3n) is 3.03. The van der Waals surface area contributed by atoms with Gasteiger partial charge in [0.1, 0.15) is 0 Å². The normalized spacial score (nSPS) is 13.1. The second kappa shape index (κ2) is 6.84. The Labute approximate surface area is 102 Å². The van der Waals surface area contributed by atoms with Gasteiger partial charge in [-0.25, -0.2) is 0 Å². The van der Waals surface area contributed by atoms with Gasteiger partial charge in [-0.3, -0.25) is 16.3 Å². The first-order chi connectivity index (χ1) is 7.71. The Bertz CT molecular complexity index is 296. The molecule has 0 aromatic carbocycles. The Morgan fingerprint density at radius 1 is 1.38 bits per heavy atom. The van der Waals surface area contributed by atoms with Crippen LogP contribution in [0.4, 0.5) is 0 Å². The van der Waals surface area contributed by atoms with Gasteiger partial charge in [0, 0.05) is 6.20 Å². The van der Waals surface area contributed by atoms with Crippen molar-refractivity contribution in [3.05, 3.63) is 29.0 Å². The first-order valence-corrected chi connectivity index (χ1v) is 6.16. The molecule has 0 saturated heterocycles. The lowest BCUT2D eigenvalue weighted by Crippen LogP contribution is -2.30. The first-order valence-electron chi connectivity index (χ1n) is 5.78. The van der Waals surface area contributed by atoms with Crippen molar-refractivity contribution in [3.63, 3.8) is 0 Å². The molecule has 1 aromatic heterocycles. The monoisotopic (exact) mass is 241 g/mol. The number of nitrogens with one attached hydrogen (secondary N) is 1. The minimum Gasteiger partial charge on any atom is -0.271 e.